The second-order valence-corrected chi connectivity index (χ2v) is 6.94. The summed E-state index contributed by atoms with van der Waals surface area (Å²) in [4.78, 5) is 27.4. The average Bonchev–Trinajstić information content (AvgIpc) is 2.72. The van der Waals surface area contributed by atoms with Crippen molar-refractivity contribution in [1.29, 1.82) is 0 Å². The first-order valence-corrected chi connectivity index (χ1v) is 9.22. The molecule has 2 N–H and O–H groups in total. The molecule has 0 saturated carbocycles. The molecule has 0 aliphatic carbocycles. The Kier molecular flexibility index (Phi) is 5.02. The number of carbonyl (C=O) groups excluding carboxylic acids is 1. The van der Waals surface area contributed by atoms with E-state index in [1.165, 1.54) is 12.4 Å². The summed E-state index contributed by atoms with van der Waals surface area (Å²) in [6, 6.07) is 16.4. The van der Waals surface area contributed by atoms with Gasteiger partial charge in [-0.3, -0.25) is 9.59 Å². The zero-order chi connectivity index (χ0) is 21.3. The molecule has 0 aliphatic rings. The van der Waals surface area contributed by atoms with E-state index in [-0.39, 0.29) is 12.4 Å². The van der Waals surface area contributed by atoms with E-state index in [0.717, 1.165) is 5.56 Å². The van der Waals surface area contributed by atoms with Gasteiger partial charge in [0.05, 0.1) is 23.8 Å². The molecule has 1 amide bonds. The number of aromatic nitrogens is 2. The standard InChI is InChI=1S/C23H18FN3O3/c1-14-2-3-16(20(24)10-14)12-27-13-26-23(29)19-11-18(8-9-21(19)27)30-17-6-4-15(5-7-17)22(25)28/h2-11,13H,12H2,1H3,(H2,25,28). The quantitative estimate of drug-likeness (QED) is 0.549. The molecule has 7 heteroatoms. The van der Waals surface area contributed by atoms with Gasteiger partial charge in [0, 0.05) is 11.1 Å². The van der Waals surface area contributed by atoms with Crippen molar-refractivity contribution in [2.75, 3.05) is 0 Å². The fourth-order valence-corrected chi connectivity index (χ4v) is 3.17. The molecule has 0 spiro atoms. The third-order valence-electron chi connectivity index (χ3n) is 4.75. The molecule has 3 aromatic carbocycles. The number of nitrogens with zero attached hydrogens (tertiary/aromatic N) is 2. The monoisotopic (exact) mass is 403 g/mol. The van der Waals surface area contributed by atoms with Crippen LogP contribution in [0.4, 0.5) is 4.39 Å². The van der Waals surface area contributed by atoms with Crippen molar-refractivity contribution >= 4 is 16.8 Å². The van der Waals surface area contributed by atoms with Gasteiger partial charge in [0.1, 0.15) is 17.3 Å². The summed E-state index contributed by atoms with van der Waals surface area (Å²) in [5.74, 6) is 0.0999. The van der Waals surface area contributed by atoms with Gasteiger partial charge in [0.2, 0.25) is 5.91 Å². The van der Waals surface area contributed by atoms with E-state index in [4.69, 9.17) is 10.5 Å². The van der Waals surface area contributed by atoms with Crippen LogP contribution in [-0.4, -0.2) is 15.5 Å². The van der Waals surface area contributed by atoms with Gasteiger partial charge in [-0.2, -0.15) is 4.98 Å². The van der Waals surface area contributed by atoms with Crippen LogP contribution in [0.1, 0.15) is 21.5 Å². The van der Waals surface area contributed by atoms with E-state index in [2.05, 4.69) is 4.98 Å². The van der Waals surface area contributed by atoms with Gasteiger partial charge in [-0.1, -0.05) is 12.1 Å². The van der Waals surface area contributed by atoms with Crippen molar-refractivity contribution in [2.24, 2.45) is 5.73 Å². The third kappa shape index (κ3) is 3.91. The first kappa shape index (κ1) is 19.3. The van der Waals surface area contributed by atoms with E-state index in [0.29, 0.717) is 33.5 Å². The van der Waals surface area contributed by atoms with Crippen molar-refractivity contribution in [2.45, 2.75) is 13.5 Å². The van der Waals surface area contributed by atoms with Crippen LogP contribution >= 0.6 is 0 Å². The summed E-state index contributed by atoms with van der Waals surface area (Å²) in [6.45, 7) is 2.07. The molecule has 0 saturated heterocycles. The molecule has 0 radical (unpaired) electrons. The topological polar surface area (TPSA) is 87.2 Å². The van der Waals surface area contributed by atoms with Gasteiger partial charge in [0.15, 0.2) is 0 Å². The van der Waals surface area contributed by atoms with E-state index >= 15 is 0 Å². The van der Waals surface area contributed by atoms with Gasteiger partial charge in [-0.15, -0.1) is 0 Å². The van der Waals surface area contributed by atoms with Gasteiger partial charge in [-0.05, 0) is 61.0 Å². The van der Waals surface area contributed by atoms with Crippen molar-refractivity contribution < 1.29 is 13.9 Å². The maximum Gasteiger partial charge on any atom is 0.280 e. The molecular weight excluding hydrogens is 385 g/mol. The van der Waals surface area contributed by atoms with Crippen LogP contribution in [0.3, 0.4) is 0 Å². The number of primary amides is 1. The Hall–Kier alpha value is -4.00. The first-order chi connectivity index (χ1) is 14.4. The van der Waals surface area contributed by atoms with Crippen molar-refractivity contribution in [3.8, 4) is 11.5 Å². The van der Waals surface area contributed by atoms with Crippen molar-refractivity contribution in [3.63, 3.8) is 0 Å². The SMILES string of the molecule is Cc1ccc(Cn2cnc(=O)c3cc(Oc4ccc(C(N)=O)cc4)ccc32)c(F)c1. The molecule has 0 unspecified atom stereocenters. The second kappa shape index (κ2) is 7.79. The van der Waals surface area contributed by atoms with Crippen LogP contribution in [0.15, 0.2) is 71.8 Å². The minimum atomic E-state index is -0.524. The molecule has 30 heavy (non-hydrogen) atoms. The molecule has 1 heterocycles. The Labute approximate surface area is 171 Å². The summed E-state index contributed by atoms with van der Waals surface area (Å²) in [7, 11) is 0. The lowest BCUT2D eigenvalue weighted by Gasteiger charge is -2.12. The normalized spacial score (nSPS) is 10.9. The van der Waals surface area contributed by atoms with Crippen LogP contribution in [0, 0.1) is 12.7 Å². The third-order valence-corrected chi connectivity index (χ3v) is 4.75. The highest BCUT2D eigenvalue weighted by atomic mass is 19.1. The van der Waals surface area contributed by atoms with E-state index in [1.807, 2.05) is 13.0 Å². The van der Waals surface area contributed by atoms with E-state index < -0.39 is 11.5 Å². The molecule has 0 fully saturated rings. The number of aryl methyl sites for hydroxylation is 1. The molecule has 150 valence electrons. The molecule has 1 aromatic heterocycles. The van der Waals surface area contributed by atoms with Gasteiger partial charge >= 0.3 is 0 Å². The Balaban J connectivity index is 1.66. The predicted octanol–water partition coefficient (Wildman–Crippen LogP) is 3.78. The maximum absolute atomic E-state index is 14.3. The fourth-order valence-electron chi connectivity index (χ4n) is 3.17. The number of benzene rings is 3. The van der Waals surface area contributed by atoms with Crippen LogP contribution in [-0.2, 0) is 6.54 Å². The Morgan fingerprint density at radius 2 is 1.80 bits per heavy atom. The zero-order valence-corrected chi connectivity index (χ0v) is 16.1. The maximum atomic E-state index is 14.3. The Morgan fingerprint density at radius 3 is 2.50 bits per heavy atom. The molecule has 6 nitrogen and oxygen atoms in total. The summed E-state index contributed by atoms with van der Waals surface area (Å²) in [5, 5.41) is 0.358. The summed E-state index contributed by atoms with van der Waals surface area (Å²) >= 11 is 0. The van der Waals surface area contributed by atoms with Crippen LogP contribution in [0.25, 0.3) is 10.9 Å². The summed E-state index contributed by atoms with van der Waals surface area (Å²) in [6.07, 6.45) is 1.41. The molecule has 0 bridgehead atoms. The predicted molar refractivity (Wildman–Crippen MR) is 111 cm³/mol. The Bertz CT molecular complexity index is 1310. The molecule has 4 aromatic rings. The van der Waals surface area contributed by atoms with Crippen molar-refractivity contribution in [1.82, 2.24) is 9.55 Å². The number of nitrogens with two attached hydrogens (primary N) is 1. The number of halogens is 1. The van der Waals surface area contributed by atoms with Crippen LogP contribution in [0.2, 0.25) is 0 Å². The number of fused-ring (bicyclic) bond motifs is 1. The highest BCUT2D eigenvalue weighted by molar-refractivity contribution is 5.92. The molecule has 4 rings (SSSR count). The lowest BCUT2D eigenvalue weighted by atomic mass is 10.1. The lowest BCUT2D eigenvalue weighted by Crippen LogP contribution is -2.13. The summed E-state index contributed by atoms with van der Waals surface area (Å²) in [5.41, 5.74) is 7.16. The molecular formula is C23H18FN3O3. The second-order valence-electron chi connectivity index (χ2n) is 6.94. The molecule has 0 atom stereocenters. The van der Waals surface area contributed by atoms with Gasteiger partial charge in [0.25, 0.3) is 5.56 Å². The first-order valence-electron chi connectivity index (χ1n) is 9.22. The Morgan fingerprint density at radius 1 is 1.07 bits per heavy atom. The smallest absolute Gasteiger partial charge is 0.280 e. The zero-order valence-electron chi connectivity index (χ0n) is 16.1. The number of hydrogen-bond acceptors (Lipinski definition) is 4. The number of amides is 1. The number of rotatable bonds is 5. The van der Waals surface area contributed by atoms with E-state index in [1.54, 1.807) is 53.1 Å². The lowest BCUT2D eigenvalue weighted by molar-refractivity contribution is 0.100. The van der Waals surface area contributed by atoms with Crippen LogP contribution < -0.4 is 16.0 Å². The molecule has 0 aliphatic heterocycles. The number of carbonyl (C=O) groups is 1. The number of ether oxygens (including phenoxy) is 1. The largest absolute Gasteiger partial charge is 0.457 e. The highest BCUT2D eigenvalue weighted by Gasteiger charge is 2.10. The minimum absolute atomic E-state index is 0.241. The minimum Gasteiger partial charge on any atom is -0.457 e. The van der Waals surface area contributed by atoms with Gasteiger partial charge < -0.3 is 15.0 Å². The average molecular weight is 403 g/mol. The van der Waals surface area contributed by atoms with Crippen molar-refractivity contribution in [3.05, 3.63) is 99.9 Å². The number of hydrogen-bond donors (Lipinski definition) is 1. The summed E-state index contributed by atoms with van der Waals surface area (Å²) < 4.78 is 21.8. The van der Waals surface area contributed by atoms with Gasteiger partial charge in [-0.25, -0.2) is 4.39 Å². The van der Waals surface area contributed by atoms with E-state index in [9.17, 15) is 14.0 Å². The highest BCUT2D eigenvalue weighted by Crippen LogP contribution is 2.25. The van der Waals surface area contributed by atoms with Crippen LogP contribution in [0.5, 0.6) is 11.5 Å². The fraction of sp³-hybridized carbons (Fsp3) is 0.0870.